The molecule has 1 aliphatic heterocycles. The maximum atomic E-state index is 12.0. The molecule has 1 fully saturated rings. The summed E-state index contributed by atoms with van der Waals surface area (Å²) in [5, 5.41) is 14.1. The van der Waals surface area contributed by atoms with E-state index in [2.05, 4.69) is 30.9 Å². The van der Waals surface area contributed by atoms with Crippen molar-refractivity contribution in [2.45, 2.75) is 25.4 Å². The van der Waals surface area contributed by atoms with Crippen molar-refractivity contribution in [3.05, 3.63) is 36.2 Å². The molecule has 8 nitrogen and oxygen atoms in total. The van der Waals surface area contributed by atoms with Gasteiger partial charge in [-0.05, 0) is 32.0 Å². The Morgan fingerprint density at radius 3 is 3.05 bits per heavy atom. The van der Waals surface area contributed by atoms with Crippen molar-refractivity contribution in [2.24, 2.45) is 0 Å². The minimum Gasteiger partial charge on any atom is -0.345 e. The summed E-state index contributed by atoms with van der Waals surface area (Å²) in [4.78, 5) is 19.9. The standard InChI is InChI=1S/C13H17N7O/c21-13(16-7-10-1-4-15-9-17-10)12-8-20(19-18-12)11-2-5-14-6-3-11/h1,4,8-9,11,14H,2-3,5-7H2,(H,16,21). The molecule has 0 unspecified atom stereocenters. The van der Waals surface area contributed by atoms with Crippen LogP contribution >= 0.6 is 0 Å². The third-order valence-electron chi connectivity index (χ3n) is 3.50. The Hall–Kier alpha value is -2.35. The minimum absolute atomic E-state index is 0.242. The molecular weight excluding hydrogens is 270 g/mol. The zero-order valence-electron chi connectivity index (χ0n) is 11.6. The molecule has 0 radical (unpaired) electrons. The highest BCUT2D eigenvalue weighted by Gasteiger charge is 2.18. The van der Waals surface area contributed by atoms with Gasteiger partial charge in [0.2, 0.25) is 0 Å². The Labute approximate surface area is 122 Å². The van der Waals surface area contributed by atoms with E-state index in [1.807, 2.05) is 0 Å². The Morgan fingerprint density at radius 1 is 1.43 bits per heavy atom. The van der Waals surface area contributed by atoms with E-state index in [4.69, 9.17) is 0 Å². The summed E-state index contributed by atoms with van der Waals surface area (Å²) < 4.78 is 1.79. The molecule has 3 heterocycles. The monoisotopic (exact) mass is 287 g/mol. The van der Waals surface area contributed by atoms with Crippen LogP contribution in [-0.4, -0.2) is 44.0 Å². The van der Waals surface area contributed by atoms with E-state index < -0.39 is 0 Å². The largest absolute Gasteiger partial charge is 0.345 e. The van der Waals surface area contributed by atoms with Gasteiger partial charge in [0.1, 0.15) is 6.33 Å². The molecule has 2 N–H and O–H groups in total. The van der Waals surface area contributed by atoms with Crippen LogP contribution in [0.25, 0.3) is 0 Å². The third kappa shape index (κ3) is 3.40. The van der Waals surface area contributed by atoms with Crippen LogP contribution < -0.4 is 10.6 Å². The average Bonchev–Trinajstić information content (AvgIpc) is 3.04. The van der Waals surface area contributed by atoms with Crippen molar-refractivity contribution in [3.8, 4) is 0 Å². The predicted octanol–water partition coefficient (Wildman–Crippen LogP) is -0.0774. The molecule has 2 aromatic rings. The van der Waals surface area contributed by atoms with E-state index in [0.29, 0.717) is 18.3 Å². The molecule has 0 spiro atoms. The molecule has 1 aliphatic rings. The fourth-order valence-corrected chi connectivity index (χ4v) is 2.31. The lowest BCUT2D eigenvalue weighted by atomic mass is 10.1. The van der Waals surface area contributed by atoms with Gasteiger partial charge < -0.3 is 10.6 Å². The van der Waals surface area contributed by atoms with E-state index in [9.17, 15) is 4.79 Å². The number of amides is 1. The second-order valence-electron chi connectivity index (χ2n) is 4.95. The molecule has 0 bridgehead atoms. The van der Waals surface area contributed by atoms with Crippen LogP contribution in [0.3, 0.4) is 0 Å². The van der Waals surface area contributed by atoms with E-state index in [1.54, 1.807) is 23.1 Å². The van der Waals surface area contributed by atoms with Crippen molar-refractivity contribution in [1.29, 1.82) is 0 Å². The highest BCUT2D eigenvalue weighted by molar-refractivity contribution is 5.91. The molecule has 0 aliphatic carbocycles. The topological polar surface area (TPSA) is 97.6 Å². The van der Waals surface area contributed by atoms with Crippen LogP contribution in [-0.2, 0) is 6.54 Å². The fraction of sp³-hybridized carbons (Fsp3) is 0.462. The zero-order valence-corrected chi connectivity index (χ0v) is 11.6. The molecule has 1 saturated heterocycles. The Kier molecular flexibility index (Phi) is 4.15. The Balaban J connectivity index is 1.59. The van der Waals surface area contributed by atoms with Gasteiger partial charge in [0, 0.05) is 6.20 Å². The quantitative estimate of drug-likeness (QED) is 0.816. The summed E-state index contributed by atoms with van der Waals surface area (Å²) >= 11 is 0. The highest BCUT2D eigenvalue weighted by atomic mass is 16.2. The molecule has 0 aromatic carbocycles. The van der Waals surface area contributed by atoms with Gasteiger partial charge in [0.15, 0.2) is 5.69 Å². The molecule has 0 saturated carbocycles. The second kappa shape index (κ2) is 6.40. The summed E-state index contributed by atoms with van der Waals surface area (Å²) in [5.41, 5.74) is 1.09. The van der Waals surface area contributed by atoms with Crippen molar-refractivity contribution in [3.63, 3.8) is 0 Å². The molecule has 3 rings (SSSR count). The summed E-state index contributed by atoms with van der Waals surface area (Å²) in [7, 11) is 0. The summed E-state index contributed by atoms with van der Waals surface area (Å²) in [6.07, 6.45) is 6.82. The third-order valence-corrected chi connectivity index (χ3v) is 3.50. The van der Waals surface area contributed by atoms with E-state index in [1.165, 1.54) is 6.33 Å². The fourth-order valence-electron chi connectivity index (χ4n) is 2.31. The van der Waals surface area contributed by atoms with Crippen molar-refractivity contribution in [2.75, 3.05) is 13.1 Å². The van der Waals surface area contributed by atoms with Gasteiger partial charge in [-0.1, -0.05) is 5.21 Å². The normalized spacial score (nSPS) is 15.8. The minimum atomic E-state index is -0.242. The van der Waals surface area contributed by atoms with Crippen LogP contribution in [0.4, 0.5) is 0 Å². The maximum absolute atomic E-state index is 12.0. The first-order valence-corrected chi connectivity index (χ1v) is 6.98. The molecular formula is C13H17N7O. The predicted molar refractivity (Wildman–Crippen MR) is 74.4 cm³/mol. The Morgan fingerprint density at radius 2 is 2.29 bits per heavy atom. The number of piperidine rings is 1. The first kappa shape index (κ1) is 13.6. The molecule has 2 aromatic heterocycles. The smallest absolute Gasteiger partial charge is 0.273 e. The van der Waals surface area contributed by atoms with Crippen LogP contribution in [0.1, 0.15) is 35.1 Å². The number of carbonyl (C=O) groups is 1. The number of hydrogen-bond donors (Lipinski definition) is 2. The lowest BCUT2D eigenvalue weighted by molar-refractivity contribution is 0.0945. The number of hydrogen-bond acceptors (Lipinski definition) is 6. The van der Waals surface area contributed by atoms with Gasteiger partial charge in [-0.15, -0.1) is 5.10 Å². The van der Waals surface area contributed by atoms with Gasteiger partial charge in [-0.3, -0.25) is 4.79 Å². The lowest BCUT2D eigenvalue weighted by Gasteiger charge is -2.22. The van der Waals surface area contributed by atoms with Gasteiger partial charge in [0.05, 0.1) is 24.5 Å². The van der Waals surface area contributed by atoms with E-state index >= 15 is 0 Å². The number of nitrogens with one attached hydrogen (secondary N) is 2. The van der Waals surface area contributed by atoms with Crippen molar-refractivity contribution < 1.29 is 4.79 Å². The van der Waals surface area contributed by atoms with Crippen LogP contribution in [0, 0.1) is 0 Å². The summed E-state index contributed by atoms with van der Waals surface area (Å²) in [6.45, 7) is 2.29. The first-order valence-electron chi connectivity index (χ1n) is 6.98. The van der Waals surface area contributed by atoms with Crippen LogP contribution in [0.2, 0.25) is 0 Å². The van der Waals surface area contributed by atoms with Gasteiger partial charge in [-0.2, -0.15) is 0 Å². The summed E-state index contributed by atoms with van der Waals surface area (Å²) in [6, 6.07) is 2.08. The first-order chi connectivity index (χ1) is 10.3. The molecule has 0 atom stereocenters. The van der Waals surface area contributed by atoms with Crippen LogP contribution in [0.15, 0.2) is 24.8 Å². The Bertz CT molecular complexity index is 592. The highest BCUT2D eigenvalue weighted by Crippen LogP contribution is 2.16. The summed E-state index contributed by atoms with van der Waals surface area (Å²) in [5.74, 6) is -0.242. The number of carbonyl (C=O) groups excluding carboxylic acids is 1. The van der Waals surface area contributed by atoms with Crippen LogP contribution in [0.5, 0.6) is 0 Å². The number of rotatable bonds is 4. The molecule has 110 valence electrons. The zero-order chi connectivity index (χ0) is 14.5. The van der Waals surface area contributed by atoms with Crippen molar-refractivity contribution in [1.82, 2.24) is 35.6 Å². The average molecular weight is 287 g/mol. The van der Waals surface area contributed by atoms with E-state index in [0.717, 1.165) is 31.6 Å². The molecule has 8 heteroatoms. The lowest BCUT2D eigenvalue weighted by Crippen LogP contribution is -2.29. The molecule has 21 heavy (non-hydrogen) atoms. The van der Waals surface area contributed by atoms with Gasteiger partial charge in [-0.25, -0.2) is 14.6 Å². The van der Waals surface area contributed by atoms with Gasteiger partial charge in [0.25, 0.3) is 5.91 Å². The van der Waals surface area contributed by atoms with Gasteiger partial charge >= 0.3 is 0 Å². The van der Waals surface area contributed by atoms with E-state index in [-0.39, 0.29) is 5.91 Å². The maximum Gasteiger partial charge on any atom is 0.273 e. The SMILES string of the molecule is O=C(NCc1ccncn1)c1cn(C2CCNCC2)nn1. The second-order valence-corrected chi connectivity index (χ2v) is 4.95. The number of aromatic nitrogens is 5. The molecule has 1 amide bonds. The number of nitrogens with zero attached hydrogens (tertiary/aromatic N) is 5. The van der Waals surface area contributed by atoms with Crippen molar-refractivity contribution >= 4 is 5.91 Å².